The van der Waals surface area contributed by atoms with Crippen LogP contribution in [0.5, 0.6) is 0 Å². The molecule has 2 aromatic heterocycles. The molecule has 4 heterocycles. The summed E-state index contributed by atoms with van der Waals surface area (Å²) in [5.41, 5.74) is 1.77. The Balaban J connectivity index is 1.68. The second kappa shape index (κ2) is 4.53. The van der Waals surface area contributed by atoms with E-state index in [1.807, 2.05) is 11.8 Å². The third-order valence-electron chi connectivity index (χ3n) is 4.70. The number of hydrogen-bond donors (Lipinski definition) is 1. The molecule has 4 rings (SSSR count). The molecule has 0 radical (unpaired) electrons. The van der Waals surface area contributed by atoms with Gasteiger partial charge in [-0.25, -0.2) is 4.98 Å². The molecule has 1 amide bonds. The molecule has 21 heavy (non-hydrogen) atoms. The largest absolute Gasteiger partial charge is 0.393 e. The number of fused-ring (bicyclic) bond motifs is 3. The number of rotatable bonds is 1. The summed E-state index contributed by atoms with van der Waals surface area (Å²) in [7, 11) is 0. The Labute approximate surface area is 121 Å². The molecule has 2 bridgehead atoms. The summed E-state index contributed by atoms with van der Waals surface area (Å²) in [5, 5.41) is 14.5. The van der Waals surface area contributed by atoms with Gasteiger partial charge in [0, 0.05) is 18.3 Å². The van der Waals surface area contributed by atoms with Crippen molar-refractivity contribution < 1.29 is 14.4 Å². The minimum Gasteiger partial charge on any atom is -0.393 e. The molecule has 0 aliphatic carbocycles. The van der Waals surface area contributed by atoms with E-state index in [1.165, 1.54) is 0 Å². The second-order valence-corrected chi connectivity index (χ2v) is 6.07. The van der Waals surface area contributed by atoms with E-state index in [0.29, 0.717) is 24.1 Å². The van der Waals surface area contributed by atoms with E-state index in [2.05, 4.69) is 10.1 Å². The fourth-order valence-electron chi connectivity index (χ4n) is 3.69. The summed E-state index contributed by atoms with van der Waals surface area (Å²) in [6, 6.07) is 2.12. The number of pyridine rings is 1. The molecule has 1 N–H and O–H groups in total. The average Bonchev–Trinajstić information content (AvgIpc) is 2.97. The predicted molar refractivity (Wildman–Crippen MR) is 74.8 cm³/mol. The van der Waals surface area contributed by atoms with Crippen molar-refractivity contribution in [2.45, 2.75) is 50.8 Å². The van der Waals surface area contributed by atoms with Crippen LogP contribution in [0.15, 0.2) is 16.8 Å². The van der Waals surface area contributed by atoms with Gasteiger partial charge in [-0.3, -0.25) is 4.79 Å². The van der Waals surface area contributed by atoms with Gasteiger partial charge >= 0.3 is 0 Å². The van der Waals surface area contributed by atoms with Crippen LogP contribution in [0.1, 0.15) is 41.7 Å². The van der Waals surface area contributed by atoms with E-state index in [9.17, 15) is 9.90 Å². The highest BCUT2D eigenvalue weighted by Crippen LogP contribution is 2.36. The Bertz CT molecular complexity index is 697. The zero-order valence-electron chi connectivity index (χ0n) is 11.8. The number of carbonyl (C=O) groups is 1. The molecular weight excluding hydrogens is 270 g/mol. The van der Waals surface area contributed by atoms with Crippen molar-refractivity contribution in [2.24, 2.45) is 0 Å². The van der Waals surface area contributed by atoms with Crippen LogP contribution in [-0.4, -0.2) is 44.2 Å². The van der Waals surface area contributed by atoms with Crippen LogP contribution in [-0.2, 0) is 0 Å². The van der Waals surface area contributed by atoms with Crippen molar-refractivity contribution in [3.05, 3.63) is 23.5 Å². The minimum absolute atomic E-state index is 0.00407. The summed E-state index contributed by atoms with van der Waals surface area (Å²) in [5.74, 6) is 0.00407. The lowest BCUT2D eigenvalue weighted by Crippen LogP contribution is -2.48. The lowest BCUT2D eigenvalue weighted by molar-refractivity contribution is 0.0287. The standard InChI is InChI=1S/C15H17N3O3/c1-8-13-4-9(7-16-14(13)21-17-8)15(20)18-10-2-3-11(18)6-12(19)5-10/h4,7,10-12,19H,2-3,5-6H2,1H3. The molecule has 0 saturated carbocycles. The predicted octanol–water partition coefficient (Wildman–Crippen LogP) is 1.66. The number of hydrogen-bond acceptors (Lipinski definition) is 5. The van der Waals surface area contributed by atoms with Gasteiger partial charge in [-0.2, -0.15) is 0 Å². The Morgan fingerprint density at radius 3 is 2.81 bits per heavy atom. The van der Waals surface area contributed by atoms with Gasteiger partial charge in [-0.15, -0.1) is 0 Å². The molecule has 6 heteroatoms. The highest BCUT2D eigenvalue weighted by Gasteiger charge is 2.43. The molecule has 0 aromatic carbocycles. The number of aliphatic hydroxyl groups is 1. The quantitative estimate of drug-likeness (QED) is 0.863. The first-order valence-electron chi connectivity index (χ1n) is 7.36. The number of carbonyl (C=O) groups excluding carboxylic acids is 1. The number of aryl methyl sites for hydroxylation is 1. The van der Waals surface area contributed by atoms with Gasteiger partial charge < -0.3 is 14.5 Å². The molecule has 2 aliphatic rings. The molecule has 2 fully saturated rings. The Morgan fingerprint density at radius 1 is 1.38 bits per heavy atom. The van der Waals surface area contributed by atoms with E-state index < -0.39 is 0 Å². The lowest BCUT2D eigenvalue weighted by atomic mass is 9.99. The minimum atomic E-state index is -0.271. The van der Waals surface area contributed by atoms with Crippen molar-refractivity contribution >= 4 is 17.0 Å². The number of piperidine rings is 1. The maximum Gasteiger partial charge on any atom is 0.257 e. The van der Waals surface area contributed by atoms with Crippen LogP contribution in [0.2, 0.25) is 0 Å². The van der Waals surface area contributed by atoms with Gasteiger partial charge in [0.2, 0.25) is 0 Å². The monoisotopic (exact) mass is 287 g/mol. The van der Waals surface area contributed by atoms with Crippen LogP contribution < -0.4 is 0 Å². The maximum absolute atomic E-state index is 12.8. The number of aliphatic hydroxyl groups excluding tert-OH is 1. The summed E-state index contributed by atoms with van der Waals surface area (Å²) in [4.78, 5) is 18.9. The van der Waals surface area contributed by atoms with E-state index in [4.69, 9.17) is 4.52 Å². The zero-order chi connectivity index (χ0) is 14.6. The lowest BCUT2D eigenvalue weighted by Gasteiger charge is -2.37. The van der Waals surface area contributed by atoms with Crippen LogP contribution in [0.4, 0.5) is 0 Å². The molecule has 110 valence electrons. The number of amides is 1. The SMILES string of the molecule is Cc1noc2ncc(C(=O)N3C4CCC3CC(O)C4)cc12. The van der Waals surface area contributed by atoms with Crippen LogP contribution in [0, 0.1) is 6.92 Å². The van der Waals surface area contributed by atoms with Crippen LogP contribution in [0.25, 0.3) is 11.1 Å². The molecule has 2 atom stereocenters. The Kier molecular flexibility index (Phi) is 2.75. The van der Waals surface area contributed by atoms with Gasteiger partial charge in [-0.05, 0) is 38.7 Å². The molecule has 2 unspecified atom stereocenters. The number of nitrogens with zero attached hydrogens (tertiary/aromatic N) is 3. The molecule has 2 aliphatic heterocycles. The van der Waals surface area contributed by atoms with E-state index in [0.717, 1.165) is 23.9 Å². The molecule has 2 aromatic rings. The Morgan fingerprint density at radius 2 is 2.10 bits per heavy atom. The molecule has 6 nitrogen and oxygen atoms in total. The van der Waals surface area contributed by atoms with Crippen molar-refractivity contribution in [1.82, 2.24) is 15.0 Å². The first-order chi connectivity index (χ1) is 10.1. The fourth-order valence-corrected chi connectivity index (χ4v) is 3.69. The third kappa shape index (κ3) is 1.93. The van der Waals surface area contributed by atoms with Gasteiger partial charge in [-0.1, -0.05) is 5.16 Å². The second-order valence-electron chi connectivity index (χ2n) is 6.07. The van der Waals surface area contributed by atoms with Gasteiger partial charge in [0.1, 0.15) is 0 Å². The average molecular weight is 287 g/mol. The summed E-state index contributed by atoms with van der Waals surface area (Å²) >= 11 is 0. The van der Waals surface area contributed by atoms with Crippen molar-refractivity contribution in [1.29, 1.82) is 0 Å². The molecule has 0 spiro atoms. The summed E-state index contributed by atoms with van der Waals surface area (Å²) in [6.45, 7) is 1.84. The number of aromatic nitrogens is 2. The van der Waals surface area contributed by atoms with E-state index in [-0.39, 0.29) is 24.1 Å². The van der Waals surface area contributed by atoms with Crippen LogP contribution >= 0.6 is 0 Å². The van der Waals surface area contributed by atoms with E-state index in [1.54, 1.807) is 12.3 Å². The highest BCUT2D eigenvalue weighted by molar-refractivity contribution is 5.97. The highest BCUT2D eigenvalue weighted by atomic mass is 16.5. The van der Waals surface area contributed by atoms with Crippen molar-refractivity contribution in [2.75, 3.05) is 0 Å². The van der Waals surface area contributed by atoms with Gasteiger partial charge in [0.25, 0.3) is 11.6 Å². The van der Waals surface area contributed by atoms with Gasteiger partial charge in [0.05, 0.1) is 22.7 Å². The topological polar surface area (TPSA) is 79.5 Å². The smallest absolute Gasteiger partial charge is 0.257 e. The van der Waals surface area contributed by atoms with Crippen LogP contribution in [0.3, 0.4) is 0 Å². The Hall–Kier alpha value is -1.95. The summed E-state index contributed by atoms with van der Waals surface area (Å²) in [6.07, 6.45) is 4.62. The fraction of sp³-hybridized carbons (Fsp3) is 0.533. The summed E-state index contributed by atoms with van der Waals surface area (Å²) < 4.78 is 5.08. The maximum atomic E-state index is 12.8. The molecule has 2 saturated heterocycles. The molecular formula is C15H17N3O3. The van der Waals surface area contributed by atoms with Crippen molar-refractivity contribution in [3.63, 3.8) is 0 Å². The third-order valence-corrected chi connectivity index (χ3v) is 4.70. The van der Waals surface area contributed by atoms with Crippen molar-refractivity contribution in [3.8, 4) is 0 Å². The normalized spacial score (nSPS) is 28.3. The van der Waals surface area contributed by atoms with Gasteiger partial charge in [0.15, 0.2) is 0 Å². The zero-order valence-corrected chi connectivity index (χ0v) is 11.8. The first kappa shape index (κ1) is 12.8. The van der Waals surface area contributed by atoms with E-state index >= 15 is 0 Å². The first-order valence-corrected chi connectivity index (χ1v) is 7.36.